The van der Waals surface area contributed by atoms with Crippen molar-refractivity contribution in [3.05, 3.63) is 84.4 Å². The summed E-state index contributed by atoms with van der Waals surface area (Å²) in [6.07, 6.45) is 0. The van der Waals surface area contributed by atoms with Crippen LogP contribution in [0.4, 0.5) is 5.69 Å². The molecular weight excluding hydrogens is 282 g/mol. The highest BCUT2D eigenvalue weighted by Gasteiger charge is 2.07. The normalized spacial score (nSPS) is 10.3. The van der Waals surface area contributed by atoms with Crippen LogP contribution in [0.5, 0.6) is 5.75 Å². The summed E-state index contributed by atoms with van der Waals surface area (Å²) in [5, 5.41) is 0. The maximum Gasteiger partial charge on any atom is 0.120 e. The number of rotatable bonds is 5. The Labute approximate surface area is 138 Å². The summed E-state index contributed by atoms with van der Waals surface area (Å²) in [4.78, 5) is 2.13. The van der Waals surface area contributed by atoms with E-state index in [1.807, 2.05) is 30.3 Å². The molecule has 3 rings (SSSR count). The summed E-state index contributed by atoms with van der Waals surface area (Å²) in [6.45, 7) is 0.583. The molecule has 0 amide bonds. The number of para-hydroxylation sites is 1. The molecular formula is C21H21NO. The topological polar surface area (TPSA) is 12.5 Å². The van der Waals surface area contributed by atoms with Gasteiger partial charge in [-0.15, -0.1) is 0 Å². The molecule has 3 aromatic carbocycles. The van der Waals surface area contributed by atoms with Gasteiger partial charge in [0, 0.05) is 25.3 Å². The first kappa shape index (κ1) is 15.2. The average Bonchev–Trinajstić information content (AvgIpc) is 2.61. The van der Waals surface area contributed by atoms with Crippen molar-refractivity contribution in [3.8, 4) is 16.9 Å². The first-order valence-corrected chi connectivity index (χ1v) is 7.77. The number of ether oxygens (including phenoxy) is 1. The van der Waals surface area contributed by atoms with Crippen LogP contribution < -0.4 is 9.64 Å². The van der Waals surface area contributed by atoms with Crippen molar-refractivity contribution in [1.82, 2.24) is 0 Å². The minimum Gasteiger partial charge on any atom is -0.489 e. The highest BCUT2D eigenvalue weighted by atomic mass is 16.5. The van der Waals surface area contributed by atoms with Gasteiger partial charge in [-0.25, -0.2) is 0 Å². The Morgan fingerprint density at radius 1 is 0.783 bits per heavy atom. The molecule has 0 saturated heterocycles. The third-order valence-corrected chi connectivity index (χ3v) is 3.78. The second-order valence-corrected chi connectivity index (χ2v) is 5.71. The van der Waals surface area contributed by atoms with Crippen LogP contribution in [0.1, 0.15) is 5.56 Å². The van der Waals surface area contributed by atoms with Gasteiger partial charge in [0.05, 0.1) is 0 Å². The van der Waals surface area contributed by atoms with Gasteiger partial charge in [0.15, 0.2) is 0 Å². The van der Waals surface area contributed by atoms with Crippen LogP contribution in [0.2, 0.25) is 0 Å². The minimum atomic E-state index is 0.583. The lowest BCUT2D eigenvalue weighted by molar-refractivity contribution is 0.306. The van der Waals surface area contributed by atoms with Gasteiger partial charge in [-0.2, -0.15) is 0 Å². The van der Waals surface area contributed by atoms with Crippen LogP contribution in [0.25, 0.3) is 11.1 Å². The molecule has 23 heavy (non-hydrogen) atoms. The van der Waals surface area contributed by atoms with Crippen molar-refractivity contribution in [2.24, 2.45) is 0 Å². The molecule has 3 aromatic rings. The van der Waals surface area contributed by atoms with Gasteiger partial charge in [0.25, 0.3) is 0 Å². The smallest absolute Gasteiger partial charge is 0.120 e. The highest BCUT2D eigenvalue weighted by Crippen LogP contribution is 2.31. The summed E-state index contributed by atoms with van der Waals surface area (Å²) >= 11 is 0. The predicted molar refractivity (Wildman–Crippen MR) is 97.0 cm³/mol. The lowest BCUT2D eigenvalue weighted by Gasteiger charge is -2.18. The van der Waals surface area contributed by atoms with Crippen molar-refractivity contribution >= 4 is 5.69 Å². The Balaban J connectivity index is 1.83. The fourth-order valence-corrected chi connectivity index (χ4v) is 2.60. The summed E-state index contributed by atoms with van der Waals surface area (Å²) in [7, 11) is 4.13. The molecule has 0 aliphatic carbocycles. The van der Waals surface area contributed by atoms with E-state index in [0.717, 1.165) is 5.75 Å². The van der Waals surface area contributed by atoms with E-state index in [1.54, 1.807) is 0 Å². The third-order valence-electron chi connectivity index (χ3n) is 3.78. The predicted octanol–water partition coefficient (Wildman–Crippen LogP) is 5.00. The number of benzene rings is 3. The molecule has 116 valence electrons. The Hall–Kier alpha value is -2.74. The molecule has 0 aliphatic heterocycles. The van der Waals surface area contributed by atoms with Crippen molar-refractivity contribution in [2.45, 2.75) is 6.61 Å². The van der Waals surface area contributed by atoms with Crippen molar-refractivity contribution in [3.63, 3.8) is 0 Å². The molecule has 0 atom stereocenters. The molecule has 0 radical (unpaired) electrons. The first-order valence-electron chi connectivity index (χ1n) is 7.77. The zero-order chi connectivity index (χ0) is 16.1. The van der Waals surface area contributed by atoms with Gasteiger partial charge in [-0.1, -0.05) is 60.7 Å². The quantitative estimate of drug-likeness (QED) is 0.658. The van der Waals surface area contributed by atoms with Crippen LogP contribution in [0.3, 0.4) is 0 Å². The van der Waals surface area contributed by atoms with Crippen LogP contribution >= 0.6 is 0 Å². The summed E-state index contributed by atoms with van der Waals surface area (Å²) in [6, 6.07) is 26.9. The Kier molecular flexibility index (Phi) is 4.62. The largest absolute Gasteiger partial charge is 0.489 e. The maximum absolute atomic E-state index is 5.94. The highest BCUT2D eigenvalue weighted by molar-refractivity contribution is 5.78. The maximum atomic E-state index is 5.94. The van der Waals surface area contributed by atoms with E-state index in [0.29, 0.717) is 6.61 Å². The lowest BCUT2D eigenvalue weighted by atomic mass is 10.0. The van der Waals surface area contributed by atoms with Gasteiger partial charge in [0.2, 0.25) is 0 Å². The molecule has 0 N–H and O–H groups in total. The minimum absolute atomic E-state index is 0.583. The second-order valence-electron chi connectivity index (χ2n) is 5.71. The zero-order valence-corrected chi connectivity index (χ0v) is 13.6. The van der Waals surface area contributed by atoms with E-state index in [1.165, 1.54) is 22.4 Å². The van der Waals surface area contributed by atoms with Crippen molar-refractivity contribution in [2.75, 3.05) is 19.0 Å². The molecule has 0 aliphatic rings. The first-order chi connectivity index (χ1) is 11.2. The molecule has 0 bridgehead atoms. The van der Waals surface area contributed by atoms with Crippen molar-refractivity contribution in [1.29, 1.82) is 0 Å². The van der Waals surface area contributed by atoms with E-state index < -0.39 is 0 Å². The summed E-state index contributed by atoms with van der Waals surface area (Å²) in [5.74, 6) is 0.889. The molecule has 0 aromatic heterocycles. The van der Waals surface area contributed by atoms with Gasteiger partial charge >= 0.3 is 0 Å². The van der Waals surface area contributed by atoms with Gasteiger partial charge in [-0.05, 0) is 29.3 Å². The van der Waals surface area contributed by atoms with Gasteiger partial charge < -0.3 is 9.64 Å². The summed E-state index contributed by atoms with van der Waals surface area (Å²) in [5.41, 5.74) is 4.75. The molecule has 0 fully saturated rings. The third kappa shape index (κ3) is 3.72. The van der Waals surface area contributed by atoms with E-state index in [2.05, 4.69) is 67.5 Å². The number of anilines is 1. The van der Waals surface area contributed by atoms with E-state index in [9.17, 15) is 0 Å². The number of hydrogen-bond acceptors (Lipinski definition) is 2. The molecule has 0 spiro atoms. The SMILES string of the molecule is CN(C)c1ccccc1-c1cccc(OCc2ccccc2)c1. The molecule has 2 heteroatoms. The van der Waals surface area contributed by atoms with E-state index >= 15 is 0 Å². The second kappa shape index (κ2) is 7.01. The van der Waals surface area contributed by atoms with Gasteiger partial charge in [0.1, 0.15) is 12.4 Å². The number of nitrogens with zero attached hydrogens (tertiary/aromatic N) is 1. The number of hydrogen-bond donors (Lipinski definition) is 0. The molecule has 0 saturated carbocycles. The summed E-state index contributed by atoms with van der Waals surface area (Å²) < 4.78 is 5.94. The Morgan fingerprint density at radius 2 is 1.52 bits per heavy atom. The zero-order valence-electron chi connectivity index (χ0n) is 13.6. The molecule has 2 nitrogen and oxygen atoms in total. The van der Waals surface area contributed by atoms with Crippen LogP contribution in [-0.4, -0.2) is 14.1 Å². The fraction of sp³-hybridized carbons (Fsp3) is 0.143. The van der Waals surface area contributed by atoms with Gasteiger partial charge in [-0.3, -0.25) is 0 Å². The molecule has 0 unspecified atom stereocenters. The lowest BCUT2D eigenvalue weighted by Crippen LogP contribution is -2.09. The van der Waals surface area contributed by atoms with Crippen LogP contribution in [0.15, 0.2) is 78.9 Å². The Bertz CT molecular complexity index is 766. The molecule has 0 heterocycles. The standard InChI is InChI=1S/C21H21NO/c1-22(2)21-14-7-6-13-20(21)18-11-8-12-19(15-18)23-16-17-9-4-3-5-10-17/h3-15H,16H2,1-2H3. The monoisotopic (exact) mass is 303 g/mol. The van der Waals surface area contributed by atoms with Crippen LogP contribution in [0, 0.1) is 0 Å². The Morgan fingerprint density at radius 3 is 2.30 bits per heavy atom. The van der Waals surface area contributed by atoms with Crippen LogP contribution in [-0.2, 0) is 6.61 Å². The van der Waals surface area contributed by atoms with E-state index in [-0.39, 0.29) is 0 Å². The fourth-order valence-electron chi connectivity index (χ4n) is 2.60. The van der Waals surface area contributed by atoms with E-state index in [4.69, 9.17) is 4.74 Å². The average molecular weight is 303 g/mol. The van der Waals surface area contributed by atoms with Crippen molar-refractivity contribution < 1.29 is 4.74 Å².